The van der Waals surface area contributed by atoms with Gasteiger partial charge in [0.1, 0.15) is 29.5 Å². The molecule has 2 N–H and O–H groups in total. The van der Waals surface area contributed by atoms with Crippen LogP contribution in [0.25, 0.3) is 5.65 Å². The Morgan fingerprint density at radius 2 is 1.83 bits per heavy atom. The fraction of sp³-hybridized carbons (Fsp3) is 0.375. The molecule has 0 aliphatic heterocycles. The molecule has 3 aromatic rings. The third-order valence-electron chi connectivity index (χ3n) is 4.68. The Labute approximate surface area is 201 Å². The van der Waals surface area contributed by atoms with Gasteiger partial charge >= 0.3 is 6.09 Å². The van der Waals surface area contributed by atoms with Gasteiger partial charge in [-0.1, -0.05) is 6.07 Å². The van der Waals surface area contributed by atoms with E-state index in [1.807, 2.05) is 0 Å². The lowest BCUT2D eigenvalue weighted by molar-refractivity contribution is 0.0279. The van der Waals surface area contributed by atoms with Gasteiger partial charge in [0.2, 0.25) is 0 Å². The first kappa shape index (κ1) is 25.9. The topological polar surface area (TPSA) is 103 Å². The van der Waals surface area contributed by atoms with Crippen LogP contribution >= 0.6 is 0 Å². The summed E-state index contributed by atoms with van der Waals surface area (Å²) in [6, 6.07) is 5.25. The number of amides is 2. The van der Waals surface area contributed by atoms with Crippen molar-refractivity contribution < 1.29 is 32.7 Å². The fourth-order valence-electron chi connectivity index (χ4n) is 3.24. The van der Waals surface area contributed by atoms with E-state index in [9.17, 15) is 18.4 Å². The lowest BCUT2D eigenvalue weighted by Gasteiger charge is -2.19. The third kappa shape index (κ3) is 6.66. The quantitative estimate of drug-likeness (QED) is 0.366. The number of aryl methyl sites for hydroxylation is 2. The van der Waals surface area contributed by atoms with Crippen LogP contribution in [-0.2, 0) is 16.2 Å². The SMILES string of the molecule is Cc1cc(OCc2c(F)cccc2F)c2nc(C)c(C(=O)NOCCNC(=O)OC(C)(C)C)n2c1. The van der Waals surface area contributed by atoms with E-state index in [-0.39, 0.29) is 36.8 Å². The van der Waals surface area contributed by atoms with E-state index in [1.54, 1.807) is 46.9 Å². The normalized spacial score (nSPS) is 11.4. The van der Waals surface area contributed by atoms with Gasteiger partial charge in [-0.2, -0.15) is 0 Å². The molecule has 2 heterocycles. The Morgan fingerprint density at radius 3 is 2.49 bits per heavy atom. The number of carbonyl (C=O) groups is 2. The number of hydrogen-bond acceptors (Lipinski definition) is 6. The highest BCUT2D eigenvalue weighted by atomic mass is 19.1. The number of carbonyl (C=O) groups excluding carboxylic acids is 2. The number of nitrogens with zero attached hydrogens (tertiary/aromatic N) is 2. The van der Waals surface area contributed by atoms with Gasteiger partial charge in [0, 0.05) is 12.7 Å². The monoisotopic (exact) mass is 490 g/mol. The fourth-order valence-corrected chi connectivity index (χ4v) is 3.24. The van der Waals surface area contributed by atoms with Gasteiger partial charge in [-0.3, -0.25) is 14.0 Å². The van der Waals surface area contributed by atoms with Gasteiger partial charge < -0.3 is 14.8 Å². The Morgan fingerprint density at radius 1 is 1.14 bits per heavy atom. The van der Waals surface area contributed by atoms with Crippen molar-refractivity contribution in [2.45, 2.75) is 46.8 Å². The molecule has 0 atom stereocenters. The minimum absolute atomic E-state index is 0.00234. The summed E-state index contributed by atoms with van der Waals surface area (Å²) in [5.74, 6) is -1.74. The highest BCUT2D eigenvalue weighted by Crippen LogP contribution is 2.26. The van der Waals surface area contributed by atoms with Crippen molar-refractivity contribution in [2.24, 2.45) is 0 Å². The van der Waals surface area contributed by atoms with Crippen LogP contribution in [0.4, 0.5) is 13.6 Å². The van der Waals surface area contributed by atoms with Crippen LogP contribution in [0.3, 0.4) is 0 Å². The van der Waals surface area contributed by atoms with E-state index in [4.69, 9.17) is 14.3 Å². The average Bonchev–Trinajstić information content (AvgIpc) is 3.07. The summed E-state index contributed by atoms with van der Waals surface area (Å²) in [6.07, 6.45) is 1.09. The predicted octanol–water partition coefficient (Wildman–Crippen LogP) is 3.99. The standard InChI is InChI=1S/C24H28F2N4O5/c1-14-11-19(33-13-16-17(25)7-6-8-18(16)26)21-28-15(2)20(30(21)12-14)22(31)29-34-10-9-27-23(32)35-24(3,4)5/h6-8,11-12H,9-10,13H2,1-5H3,(H,27,32)(H,29,31). The minimum Gasteiger partial charge on any atom is -0.485 e. The van der Waals surface area contributed by atoms with Crippen LogP contribution < -0.4 is 15.5 Å². The zero-order valence-corrected chi connectivity index (χ0v) is 20.2. The summed E-state index contributed by atoms with van der Waals surface area (Å²) in [6.45, 7) is 8.44. The molecule has 3 rings (SSSR count). The van der Waals surface area contributed by atoms with Gasteiger partial charge in [0.25, 0.3) is 5.91 Å². The first-order valence-electron chi connectivity index (χ1n) is 10.9. The molecular formula is C24H28F2N4O5. The number of benzene rings is 1. The maximum atomic E-state index is 14.0. The highest BCUT2D eigenvalue weighted by Gasteiger charge is 2.21. The minimum atomic E-state index is -0.716. The molecular weight excluding hydrogens is 462 g/mol. The largest absolute Gasteiger partial charge is 0.485 e. The summed E-state index contributed by atoms with van der Waals surface area (Å²) < 4.78 is 40.3. The zero-order valence-electron chi connectivity index (χ0n) is 20.2. The number of ether oxygens (including phenoxy) is 2. The molecule has 0 unspecified atom stereocenters. The molecule has 0 aliphatic rings. The van der Waals surface area contributed by atoms with Crippen LogP contribution in [0.2, 0.25) is 0 Å². The summed E-state index contributed by atoms with van der Waals surface area (Å²) in [5, 5.41) is 2.51. The van der Waals surface area contributed by atoms with Gasteiger partial charge in [0.05, 0.1) is 17.9 Å². The molecule has 1 aromatic carbocycles. The number of nitrogens with one attached hydrogen (secondary N) is 2. The Balaban J connectivity index is 1.67. The average molecular weight is 491 g/mol. The summed E-state index contributed by atoms with van der Waals surface area (Å²) in [5.41, 5.74) is 3.12. The molecule has 0 saturated carbocycles. The van der Waals surface area contributed by atoms with E-state index in [0.717, 1.165) is 17.7 Å². The maximum absolute atomic E-state index is 14.0. The highest BCUT2D eigenvalue weighted by molar-refractivity contribution is 5.94. The number of aromatic nitrogens is 2. The van der Waals surface area contributed by atoms with Crippen LogP contribution in [0.15, 0.2) is 30.5 Å². The molecule has 0 radical (unpaired) electrons. The molecule has 0 bridgehead atoms. The lowest BCUT2D eigenvalue weighted by atomic mass is 10.2. The Kier molecular flexibility index (Phi) is 7.90. The van der Waals surface area contributed by atoms with Crippen molar-refractivity contribution in [3.8, 4) is 5.75 Å². The summed E-state index contributed by atoms with van der Waals surface area (Å²) in [7, 11) is 0. The number of rotatable bonds is 8. The van der Waals surface area contributed by atoms with Gasteiger partial charge in [-0.15, -0.1) is 0 Å². The Bertz CT molecular complexity index is 1220. The second kappa shape index (κ2) is 10.7. The van der Waals surface area contributed by atoms with Crippen LogP contribution in [0.1, 0.15) is 48.1 Å². The number of alkyl carbamates (subject to hydrolysis) is 1. The van der Waals surface area contributed by atoms with E-state index in [0.29, 0.717) is 11.3 Å². The van der Waals surface area contributed by atoms with E-state index in [2.05, 4.69) is 15.8 Å². The second-order valence-electron chi connectivity index (χ2n) is 8.82. The molecule has 0 spiro atoms. The molecule has 188 valence electrons. The van der Waals surface area contributed by atoms with Crippen molar-refractivity contribution in [1.82, 2.24) is 20.2 Å². The van der Waals surface area contributed by atoms with Crippen LogP contribution in [0.5, 0.6) is 5.75 Å². The van der Waals surface area contributed by atoms with E-state index in [1.165, 1.54) is 10.5 Å². The number of pyridine rings is 1. The van der Waals surface area contributed by atoms with Crippen molar-refractivity contribution in [3.05, 3.63) is 64.6 Å². The maximum Gasteiger partial charge on any atom is 0.407 e. The van der Waals surface area contributed by atoms with Gasteiger partial charge in [-0.25, -0.2) is 24.0 Å². The molecule has 2 aromatic heterocycles. The number of hydrogen-bond donors (Lipinski definition) is 2. The second-order valence-corrected chi connectivity index (χ2v) is 8.82. The molecule has 9 nitrogen and oxygen atoms in total. The van der Waals surface area contributed by atoms with Crippen molar-refractivity contribution in [2.75, 3.05) is 13.2 Å². The number of fused-ring (bicyclic) bond motifs is 1. The smallest absolute Gasteiger partial charge is 0.407 e. The van der Waals surface area contributed by atoms with Gasteiger partial charge in [0.15, 0.2) is 11.4 Å². The summed E-state index contributed by atoms with van der Waals surface area (Å²) >= 11 is 0. The first-order chi connectivity index (χ1) is 16.5. The Hall–Kier alpha value is -3.73. The van der Waals surface area contributed by atoms with Crippen LogP contribution in [0, 0.1) is 25.5 Å². The molecule has 2 amide bonds. The molecule has 0 aliphatic carbocycles. The molecule has 11 heteroatoms. The first-order valence-corrected chi connectivity index (χ1v) is 10.9. The van der Waals surface area contributed by atoms with E-state index < -0.39 is 29.2 Å². The van der Waals surface area contributed by atoms with Crippen molar-refractivity contribution in [1.29, 1.82) is 0 Å². The number of hydroxylamine groups is 1. The van der Waals surface area contributed by atoms with Crippen molar-refractivity contribution >= 4 is 17.6 Å². The van der Waals surface area contributed by atoms with Crippen molar-refractivity contribution in [3.63, 3.8) is 0 Å². The molecule has 35 heavy (non-hydrogen) atoms. The predicted molar refractivity (Wildman–Crippen MR) is 123 cm³/mol. The third-order valence-corrected chi connectivity index (χ3v) is 4.68. The number of halogens is 2. The van der Waals surface area contributed by atoms with E-state index >= 15 is 0 Å². The van der Waals surface area contributed by atoms with Crippen LogP contribution in [-0.4, -0.2) is 40.1 Å². The number of imidazole rings is 1. The molecule has 0 saturated heterocycles. The zero-order chi connectivity index (χ0) is 25.8. The lowest BCUT2D eigenvalue weighted by Crippen LogP contribution is -2.36. The molecule has 0 fully saturated rings. The summed E-state index contributed by atoms with van der Waals surface area (Å²) in [4.78, 5) is 34.0. The van der Waals surface area contributed by atoms with Gasteiger partial charge in [-0.05, 0) is 58.4 Å².